The number of fused-ring (bicyclic) bond motifs is 2. The fraction of sp³-hybridized carbons (Fsp3) is 0.227. The lowest BCUT2D eigenvalue weighted by Gasteiger charge is -2.31. The van der Waals surface area contributed by atoms with E-state index in [1.165, 1.54) is 0 Å². The normalized spacial score (nSPS) is 17.5. The van der Waals surface area contributed by atoms with E-state index in [0.717, 1.165) is 47.3 Å². The molecular weight excluding hydrogens is 338 g/mol. The quantitative estimate of drug-likeness (QED) is 0.534. The highest BCUT2D eigenvalue weighted by Gasteiger charge is 2.29. The third-order valence-corrected chi connectivity index (χ3v) is 5.19. The van der Waals surface area contributed by atoms with Crippen LogP contribution in [0.25, 0.3) is 22.0 Å². The summed E-state index contributed by atoms with van der Waals surface area (Å²) in [5.74, 6) is 0.817. The minimum absolute atomic E-state index is 0.0263. The van der Waals surface area contributed by atoms with E-state index < -0.39 is 0 Å². The number of rotatable bonds is 2. The van der Waals surface area contributed by atoms with E-state index in [4.69, 9.17) is 4.42 Å². The molecule has 5 heteroatoms. The number of benzene rings is 2. The summed E-state index contributed by atoms with van der Waals surface area (Å²) < 4.78 is 5.93. The Morgan fingerprint density at radius 2 is 1.78 bits per heavy atom. The molecule has 0 spiro atoms. The van der Waals surface area contributed by atoms with Crippen molar-refractivity contribution >= 4 is 27.9 Å². The van der Waals surface area contributed by atoms with E-state index in [-0.39, 0.29) is 11.8 Å². The molecule has 1 aliphatic rings. The van der Waals surface area contributed by atoms with E-state index in [9.17, 15) is 4.79 Å². The molecule has 27 heavy (non-hydrogen) atoms. The highest BCUT2D eigenvalue weighted by molar-refractivity contribution is 5.95. The Kier molecular flexibility index (Phi) is 3.85. The highest BCUT2D eigenvalue weighted by atomic mass is 16.3. The lowest BCUT2D eigenvalue weighted by atomic mass is 9.97. The zero-order valence-corrected chi connectivity index (χ0v) is 14.8. The predicted molar refractivity (Wildman–Crippen MR) is 104 cm³/mol. The van der Waals surface area contributed by atoms with Crippen molar-refractivity contribution in [1.82, 2.24) is 14.9 Å². The minimum Gasteiger partial charge on any atom is -0.440 e. The summed E-state index contributed by atoms with van der Waals surface area (Å²) in [6.07, 6.45) is 1.91. The van der Waals surface area contributed by atoms with Crippen LogP contribution in [0.1, 0.15) is 35.1 Å². The second-order valence-corrected chi connectivity index (χ2v) is 7.00. The van der Waals surface area contributed by atoms with Gasteiger partial charge in [0.2, 0.25) is 0 Å². The number of para-hydroxylation sites is 3. The van der Waals surface area contributed by atoms with E-state index in [1.54, 1.807) is 0 Å². The number of carbonyl (C=O) groups excluding carboxylic acids is 1. The van der Waals surface area contributed by atoms with Gasteiger partial charge >= 0.3 is 0 Å². The molecule has 134 valence electrons. The van der Waals surface area contributed by atoms with Crippen molar-refractivity contribution in [2.45, 2.75) is 18.8 Å². The van der Waals surface area contributed by atoms with E-state index in [0.29, 0.717) is 12.2 Å². The van der Waals surface area contributed by atoms with Gasteiger partial charge in [-0.15, -0.1) is 0 Å². The fourth-order valence-electron chi connectivity index (χ4n) is 3.77. The number of hydrogen-bond acceptors (Lipinski definition) is 4. The van der Waals surface area contributed by atoms with Crippen LogP contribution in [0, 0.1) is 0 Å². The summed E-state index contributed by atoms with van der Waals surface area (Å²) in [4.78, 5) is 24.1. The summed E-state index contributed by atoms with van der Waals surface area (Å²) >= 11 is 0. The topological polar surface area (TPSA) is 59.2 Å². The number of aromatic nitrogens is 2. The van der Waals surface area contributed by atoms with Crippen molar-refractivity contribution < 1.29 is 9.21 Å². The van der Waals surface area contributed by atoms with Gasteiger partial charge in [-0.1, -0.05) is 36.4 Å². The van der Waals surface area contributed by atoms with Crippen molar-refractivity contribution in [3.05, 3.63) is 72.2 Å². The van der Waals surface area contributed by atoms with Crippen LogP contribution in [0.15, 0.2) is 65.1 Å². The first-order valence-electron chi connectivity index (χ1n) is 9.28. The molecule has 0 radical (unpaired) electrons. The van der Waals surface area contributed by atoms with Crippen LogP contribution >= 0.6 is 0 Å². The van der Waals surface area contributed by atoms with Gasteiger partial charge in [-0.2, -0.15) is 0 Å². The van der Waals surface area contributed by atoms with Crippen LogP contribution in [0.2, 0.25) is 0 Å². The standard InChI is InChI=1S/C22H19N3O2/c26-22(19-12-11-15-6-1-2-8-17(15)23-19)25-13-5-7-16(14-25)21-24-18-9-3-4-10-20(18)27-21/h1-4,6,8-12,16H,5,7,13-14H2. The number of piperidine rings is 1. The molecule has 1 atom stereocenters. The largest absolute Gasteiger partial charge is 0.440 e. The van der Waals surface area contributed by atoms with Gasteiger partial charge in [0, 0.05) is 18.5 Å². The maximum atomic E-state index is 13.0. The van der Waals surface area contributed by atoms with Crippen LogP contribution in [0.3, 0.4) is 0 Å². The first-order chi connectivity index (χ1) is 13.3. The van der Waals surface area contributed by atoms with Crippen LogP contribution < -0.4 is 0 Å². The second kappa shape index (κ2) is 6.50. The molecule has 1 saturated heterocycles. The molecule has 0 saturated carbocycles. The van der Waals surface area contributed by atoms with Gasteiger partial charge in [0.25, 0.3) is 5.91 Å². The average Bonchev–Trinajstić information content (AvgIpc) is 3.17. The molecule has 1 amide bonds. The summed E-state index contributed by atoms with van der Waals surface area (Å²) in [6.45, 7) is 1.35. The fourth-order valence-corrected chi connectivity index (χ4v) is 3.77. The number of carbonyl (C=O) groups is 1. The third-order valence-electron chi connectivity index (χ3n) is 5.19. The Morgan fingerprint density at radius 1 is 0.963 bits per heavy atom. The van der Waals surface area contributed by atoms with Crippen molar-refractivity contribution in [1.29, 1.82) is 0 Å². The van der Waals surface area contributed by atoms with Crippen LogP contribution in [0.4, 0.5) is 0 Å². The molecule has 5 rings (SSSR count). The summed E-state index contributed by atoms with van der Waals surface area (Å²) in [5, 5.41) is 1.04. The summed E-state index contributed by atoms with van der Waals surface area (Å²) in [6, 6.07) is 19.4. The molecule has 1 unspecified atom stereocenters. The SMILES string of the molecule is O=C(c1ccc2ccccc2n1)N1CCCC(c2nc3ccccc3o2)C1. The molecule has 1 aliphatic heterocycles. The predicted octanol–water partition coefficient (Wildman–Crippen LogP) is 4.40. The lowest BCUT2D eigenvalue weighted by molar-refractivity contribution is 0.0693. The van der Waals surface area contributed by atoms with Gasteiger partial charge in [0.05, 0.1) is 11.4 Å². The molecule has 4 aromatic rings. The molecule has 0 N–H and O–H groups in total. The third kappa shape index (κ3) is 2.95. The van der Waals surface area contributed by atoms with Gasteiger partial charge in [0.15, 0.2) is 11.5 Å². The van der Waals surface area contributed by atoms with Gasteiger partial charge in [0.1, 0.15) is 11.2 Å². The molecule has 5 nitrogen and oxygen atoms in total. The molecule has 3 heterocycles. The van der Waals surface area contributed by atoms with Gasteiger partial charge in [-0.3, -0.25) is 4.79 Å². The maximum absolute atomic E-state index is 13.0. The molecule has 2 aromatic heterocycles. The smallest absolute Gasteiger partial charge is 0.272 e. The first-order valence-corrected chi connectivity index (χ1v) is 9.28. The number of oxazole rings is 1. The lowest BCUT2D eigenvalue weighted by Crippen LogP contribution is -2.39. The second-order valence-electron chi connectivity index (χ2n) is 7.00. The van der Waals surface area contributed by atoms with Crippen molar-refractivity contribution in [2.75, 3.05) is 13.1 Å². The Bertz CT molecular complexity index is 1100. The highest BCUT2D eigenvalue weighted by Crippen LogP contribution is 2.29. The molecule has 1 fully saturated rings. The average molecular weight is 357 g/mol. The molecule has 0 aliphatic carbocycles. The monoisotopic (exact) mass is 357 g/mol. The van der Waals surface area contributed by atoms with Crippen LogP contribution in [-0.2, 0) is 0 Å². The zero-order valence-electron chi connectivity index (χ0n) is 14.8. The maximum Gasteiger partial charge on any atom is 0.272 e. The van der Waals surface area contributed by atoms with E-state index >= 15 is 0 Å². The Morgan fingerprint density at radius 3 is 2.67 bits per heavy atom. The number of pyridine rings is 1. The van der Waals surface area contributed by atoms with Gasteiger partial charge in [-0.25, -0.2) is 9.97 Å². The van der Waals surface area contributed by atoms with Gasteiger partial charge in [-0.05, 0) is 37.1 Å². The summed E-state index contributed by atoms with van der Waals surface area (Å²) in [5.41, 5.74) is 3.00. The van der Waals surface area contributed by atoms with Crippen molar-refractivity contribution in [3.8, 4) is 0 Å². The molecular formula is C22H19N3O2. The van der Waals surface area contributed by atoms with Crippen molar-refractivity contribution in [2.24, 2.45) is 0 Å². The van der Waals surface area contributed by atoms with Gasteiger partial charge < -0.3 is 9.32 Å². The number of likely N-dealkylation sites (tertiary alicyclic amines) is 1. The molecule has 2 aromatic carbocycles. The van der Waals surface area contributed by atoms with Crippen molar-refractivity contribution in [3.63, 3.8) is 0 Å². The van der Waals surface area contributed by atoms with Crippen LogP contribution in [0.5, 0.6) is 0 Å². The van der Waals surface area contributed by atoms with Crippen LogP contribution in [-0.4, -0.2) is 33.9 Å². The Balaban J connectivity index is 1.40. The zero-order chi connectivity index (χ0) is 18.2. The number of amides is 1. The van der Waals surface area contributed by atoms with E-state index in [1.807, 2.05) is 65.6 Å². The first kappa shape index (κ1) is 16.0. The number of hydrogen-bond donors (Lipinski definition) is 0. The molecule has 0 bridgehead atoms. The summed E-state index contributed by atoms with van der Waals surface area (Å²) in [7, 11) is 0. The minimum atomic E-state index is -0.0263. The Hall–Kier alpha value is -3.21. The number of nitrogens with zero attached hydrogens (tertiary/aromatic N) is 3. The Labute approximate surface area is 156 Å². The van der Waals surface area contributed by atoms with E-state index in [2.05, 4.69) is 9.97 Å².